The lowest BCUT2D eigenvalue weighted by Gasteiger charge is -2.29. The summed E-state index contributed by atoms with van der Waals surface area (Å²) in [6.45, 7) is 11.6. The minimum atomic E-state index is -0.148. The van der Waals surface area contributed by atoms with Gasteiger partial charge in [0.25, 0.3) is 0 Å². The first kappa shape index (κ1) is 16.7. The van der Waals surface area contributed by atoms with Gasteiger partial charge in [-0.3, -0.25) is 4.79 Å². The molecule has 1 atom stereocenters. The number of nitrogens with zero attached hydrogens (tertiary/aromatic N) is 2. The number of hydrogen-bond acceptors (Lipinski definition) is 3. The first-order valence-electron chi connectivity index (χ1n) is 7.31. The lowest BCUT2D eigenvalue weighted by atomic mass is 10.0. The fourth-order valence-corrected chi connectivity index (χ4v) is 2.34. The molecule has 1 aromatic heterocycles. The van der Waals surface area contributed by atoms with Gasteiger partial charge in [0, 0.05) is 18.4 Å². The van der Waals surface area contributed by atoms with Crippen LogP contribution in [0.4, 0.5) is 0 Å². The predicted octanol–water partition coefficient (Wildman–Crippen LogP) is 1.95. The number of aromatic amines is 1. The Labute approximate surface area is 122 Å². The SMILES string of the molecule is CNC(C(=O)N(Cc1ncc(C)[nH]1)CC(C)C)C(C)C. The molecule has 0 aliphatic rings. The van der Waals surface area contributed by atoms with Gasteiger partial charge in [-0.2, -0.15) is 0 Å². The molecule has 2 N–H and O–H groups in total. The Balaban J connectivity index is 2.85. The molecule has 1 unspecified atom stereocenters. The molecule has 20 heavy (non-hydrogen) atoms. The Hall–Kier alpha value is -1.36. The molecule has 0 aliphatic carbocycles. The topological polar surface area (TPSA) is 61.0 Å². The number of carbonyl (C=O) groups is 1. The lowest BCUT2D eigenvalue weighted by molar-refractivity contribution is -0.135. The first-order valence-corrected chi connectivity index (χ1v) is 7.31. The third kappa shape index (κ3) is 4.63. The average molecular weight is 280 g/mol. The lowest BCUT2D eigenvalue weighted by Crippen LogP contribution is -2.48. The van der Waals surface area contributed by atoms with Crippen LogP contribution in [0.3, 0.4) is 0 Å². The standard InChI is InChI=1S/C15H28N4O/c1-10(2)8-19(9-13-17-7-12(5)18-13)15(20)14(16-6)11(3)4/h7,10-11,14,16H,8-9H2,1-6H3,(H,17,18). The van der Waals surface area contributed by atoms with E-state index in [-0.39, 0.29) is 17.9 Å². The van der Waals surface area contributed by atoms with Gasteiger partial charge in [-0.15, -0.1) is 0 Å². The van der Waals surface area contributed by atoms with Crippen LogP contribution >= 0.6 is 0 Å². The van der Waals surface area contributed by atoms with Crippen LogP contribution in [0, 0.1) is 18.8 Å². The van der Waals surface area contributed by atoms with Crippen LogP contribution in [0.25, 0.3) is 0 Å². The second-order valence-electron chi connectivity index (χ2n) is 6.14. The second-order valence-corrected chi connectivity index (χ2v) is 6.14. The van der Waals surface area contributed by atoms with Gasteiger partial charge in [0.05, 0.1) is 12.6 Å². The maximum atomic E-state index is 12.7. The Morgan fingerprint density at radius 3 is 2.45 bits per heavy atom. The molecule has 5 nitrogen and oxygen atoms in total. The van der Waals surface area contributed by atoms with E-state index in [4.69, 9.17) is 0 Å². The van der Waals surface area contributed by atoms with Crippen LogP contribution in [-0.2, 0) is 11.3 Å². The molecule has 0 saturated carbocycles. The molecule has 1 heterocycles. The zero-order valence-electron chi connectivity index (χ0n) is 13.5. The predicted molar refractivity (Wildman–Crippen MR) is 81.3 cm³/mol. The highest BCUT2D eigenvalue weighted by Gasteiger charge is 2.26. The molecule has 0 radical (unpaired) electrons. The summed E-state index contributed by atoms with van der Waals surface area (Å²) in [6, 6.07) is -0.148. The van der Waals surface area contributed by atoms with Crippen molar-refractivity contribution in [3.05, 3.63) is 17.7 Å². The van der Waals surface area contributed by atoms with Crippen LogP contribution in [0.15, 0.2) is 6.20 Å². The van der Waals surface area contributed by atoms with Gasteiger partial charge in [-0.05, 0) is 25.8 Å². The number of amides is 1. The van der Waals surface area contributed by atoms with E-state index >= 15 is 0 Å². The number of H-pyrrole nitrogens is 1. The molecular formula is C15H28N4O. The van der Waals surface area contributed by atoms with Crippen molar-refractivity contribution in [1.29, 1.82) is 0 Å². The fraction of sp³-hybridized carbons (Fsp3) is 0.733. The number of hydrogen-bond donors (Lipinski definition) is 2. The summed E-state index contributed by atoms with van der Waals surface area (Å²) in [6.07, 6.45) is 1.80. The summed E-state index contributed by atoms with van der Waals surface area (Å²) in [7, 11) is 1.84. The summed E-state index contributed by atoms with van der Waals surface area (Å²) in [5.41, 5.74) is 1.02. The van der Waals surface area contributed by atoms with Gasteiger partial charge in [0.15, 0.2) is 0 Å². The highest BCUT2D eigenvalue weighted by Crippen LogP contribution is 2.11. The Morgan fingerprint density at radius 2 is 2.05 bits per heavy atom. The number of aromatic nitrogens is 2. The van der Waals surface area contributed by atoms with Gasteiger partial charge in [-0.25, -0.2) is 4.98 Å². The van der Waals surface area contributed by atoms with Crippen molar-refractivity contribution in [3.63, 3.8) is 0 Å². The van der Waals surface area contributed by atoms with E-state index in [0.29, 0.717) is 12.5 Å². The quantitative estimate of drug-likeness (QED) is 0.802. The van der Waals surface area contributed by atoms with E-state index in [1.807, 2.05) is 18.9 Å². The molecule has 1 rings (SSSR count). The van der Waals surface area contributed by atoms with E-state index in [9.17, 15) is 4.79 Å². The number of imidazole rings is 1. The third-order valence-corrected chi connectivity index (χ3v) is 3.24. The Morgan fingerprint density at radius 1 is 1.40 bits per heavy atom. The van der Waals surface area contributed by atoms with Gasteiger partial charge in [0.2, 0.25) is 5.91 Å². The van der Waals surface area contributed by atoms with Crippen LogP contribution in [0.1, 0.15) is 39.2 Å². The molecular weight excluding hydrogens is 252 g/mol. The Kier molecular flexibility index (Phi) is 6.20. The van der Waals surface area contributed by atoms with E-state index in [1.54, 1.807) is 6.20 Å². The molecule has 0 fully saturated rings. The molecule has 0 spiro atoms. The fourth-order valence-electron chi connectivity index (χ4n) is 2.34. The maximum Gasteiger partial charge on any atom is 0.240 e. The van der Waals surface area contributed by atoms with Gasteiger partial charge >= 0.3 is 0 Å². The van der Waals surface area contributed by atoms with Crippen molar-refractivity contribution in [2.75, 3.05) is 13.6 Å². The van der Waals surface area contributed by atoms with Crippen molar-refractivity contribution in [3.8, 4) is 0 Å². The van der Waals surface area contributed by atoms with Crippen molar-refractivity contribution in [2.45, 2.75) is 47.2 Å². The van der Waals surface area contributed by atoms with E-state index in [2.05, 4.69) is 43.0 Å². The number of rotatable bonds is 7. The monoisotopic (exact) mass is 280 g/mol. The summed E-state index contributed by atoms with van der Waals surface area (Å²) < 4.78 is 0. The molecule has 0 aliphatic heterocycles. The highest BCUT2D eigenvalue weighted by molar-refractivity contribution is 5.82. The third-order valence-electron chi connectivity index (χ3n) is 3.24. The van der Waals surface area contributed by atoms with E-state index in [1.165, 1.54) is 0 Å². The molecule has 114 valence electrons. The largest absolute Gasteiger partial charge is 0.345 e. The molecule has 0 bridgehead atoms. The van der Waals surface area contributed by atoms with Crippen molar-refractivity contribution in [1.82, 2.24) is 20.2 Å². The number of likely N-dealkylation sites (N-methyl/N-ethyl adjacent to an activating group) is 1. The Bertz CT molecular complexity index is 425. The van der Waals surface area contributed by atoms with Gasteiger partial charge in [-0.1, -0.05) is 27.7 Å². The number of carbonyl (C=O) groups excluding carboxylic acids is 1. The summed E-state index contributed by atoms with van der Waals surface area (Å²) in [4.78, 5) is 22.1. The van der Waals surface area contributed by atoms with Crippen LogP contribution in [0.5, 0.6) is 0 Å². The van der Waals surface area contributed by atoms with Gasteiger partial charge < -0.3 is 15.2 Å². The molecule has 1 amide bonds. The average Bonchev–Trinajstić information content (AvgIpc) is 2.73. The molecule has 0 saturated heterocycles. The molecule has 5 heteroatoms. The summed E-state index contributed by atoms with van der Waals surface area (Å²) in [5, 5.41) is 3.12. The number of nitrogens with one attached hydrogen (secondary N) is 2. The van der Waals surface area contributed by atoms with E-state index in [0.717, 1.165) is 18.1 Å². The zero-order valence-corrected chi connectivity index (χ0v) is 13.5. The zero-order chi connectivity index (χ0) is 15.3. The smallest absolute Gasteiger partial charge is 0.240 e. The molecule has 0 aromatic carbocycles. The first-order chi connectivity index (χ1) is 9.35. The maximum absolute atomic E-state index is 12.7. The van der Waals surface area contributed by atoms with Crippen LogP contribution in [-0.4, -0.2) is 40.4 Å². The summed E-state index contributed by atoms with van der Waals surface area (Å²) >= 11 is 0. The van der Waals surface area contributed by atoms with Gasteiger partial charge in [0.1, 0.15) is 5.82 Å². The second kappa shape index (κ2) is 7.43. The highest BCUT2D eigenvalue weighted by atomic mass is 16.2. The van der Waals surface area contributed by atoms with Crippen molar-refractivity contribution >= 4 is 5.91 Å². The minimum Gasteiger partial charge on any atom is -0.345 e. The van der Waals surface area contributed by atoms with Crippen LogP contribution < -0.4 is 5.32 Å². The minimum absolute atomic E-state index is 0.144. The molecule has 1 aromatic rings. The number of aryl methyl sites for hydroxylation is 1. The normalized spacial score (nSPS) is 13.0. The van der Waals surface area contributed by atoms with E-state index < -0.39 is 0 Å². The van der Waals surface area contributed by atoms with Crippen molar-refractivity contribution < 1.29 is 4.79 Å². The van der Waals surface area contributed by atoms with Crippen LogP contribution in [0.2, 0.25) is 0 Å². The van der Waals surface area contributed by atoms with Crippen molar-refractivity contribution in [2.24, 2.45) is 11.8 Å². The summed E-state index contributed by atoms with van der Waals surface area (Å²) in [5.74, 6) is 1.68.